The SMILES string of the molecule is O=S(=O)(c1ccc(S(=O)(=O)N2CCCC2)cc1)N1CC=C(c2ccccc2)CC1. The molecule has 8 heteroatoms. The molecule has 0 bridgehead atoms. The second-order valence-corrected chi connectivity index (χ2v) is 11.2. The van der Waals surface area contributed by atoms with Crippen LogP contribution in [0.25, 0.3) is 5.57 Å². The first-order valence-electron chi connectivity index (χ1n) is 9.74. The smallest absolute Gasteiger partial charge is 0.207 e. The zero-order valence-electron chi connectivity index (χ0n) is 16.1. The largest absolute Gasteiger partial charge is 0.243 e. The van der Waals surface area contributed by atoms with E-state index < -0.39 is 20.0 Å². The Morgan fingerprint density at radius 1 is 0.655 bits per heavy atom. The molecule has 0 N–H and O–H groups in total. The Kier molecular flexibility index (Phi) is 5.61. The minimum atomic E-state index is -3.67. The summed E-state index contributed by atoms with van der Waals surface area (Å²) in [5.74, 6) is 0. The third-order valence-corrected chi connectivity index (χ3v) is 9.27. The van der Waals surface area contributed by atoms with E-state index in [1.165, 1.54) is 32.9 Å². The molecule has 0 aliphatic carbocycles. The molecule has 2 aromatic carbocycles. The monoisotopic (exact) mass is 432 g/mol. The Hall–Kier alpha value is -2.00. The van der Waals surface area contributed by atoms with E-state index in [0.29, 0.717) is 32.6 Å². The number of sulfonamides is 2. The molecule has 2 aliphatic heterocycles. The summed E-state index contributed by atoms with van der Waals surface area (Å²) >= 11 is 0. The summed E-state index contributed by atoms with van der Waals surface area (Å²) in [5, 5.41) is 0. The Labute approximate surface area is 172 Å². The summed E-state index contributed by atoms with van der Waals surface area (Å²) in [4.78, 5) is 0.262. The molecule has 0 unspecified atom stereocenters. The van der Waals surface area contributed by atoms with Crippen molar-refractivity contribution in [2.24, 2.45) is 0 Å². The molecule has 2 heterocycles. The van der Waals surface area contributed by atoms with E-state index in [-0.39, 0.29) is 9.79 Å². The van der Waals surface area contributed by atoms with Crippen LogP contribution in [0, 0.1) is 0 Å². The van der Waals surface area contributed by atoms with Gasteiger partial charge in [0.05, 0.1) is 9.79 Å². The molecular formula is C21H24N2O4S2. The summed E-state index contributed by atoms with van der Waals surface area (Å²) in [6, 6.07) is 15.5. The van der Waals surface area contributed by atoms with Gasteiger partial charge in [-0.05, 0) is 54.7 Å². The Morgan fingerprint density at radius 2 is 1.21 bits per heavy atom. The molecule has 4 rings (SSSR count). The number of rotatable bonds is 5. The van der Waals surface area contributed by atoms with Crippen molar-refractivity contribution in [2.75, 3.05) is 26.2 Å². The van der Waals surface area contributed by atoms with E-state index in [1.807, 2.05) is 36.4 Å². The number of nitrogens with zero attached hydrogens (tertiary/aromatic N) is 2. The van der Waals surface area contributed by atoms with Gasteiger partial charge in [0.2, 0.25) is 20.0 Å². The fourth-order valence-electron chi connectivity index (χ4n) is 3.79. The first kappa shape index (κ1) is 20.3. The van der Waals surface area contributed by atoms with Gasteiger partial charge in [-0.15, -0.1) is 0 Å². The predicted octanol–water partition coefficient (Wildman–Crippen LogP) is 2.95. The van der Waals surface area contributed by atoms with Crippen molar-refractivity contribution >= 4 is 25.6 Å². The minimum absolute atomic E-state index is 0.120. The summed E-state index contributed by atoms with van der Waals surface area (Å²) < 4.78 is 54.1. The second-order valence-electron chi connectivity index (χ2n) is 7.29. The van der Waals surface area contributed by atoms with Gasteiger partial charge in [0, 0.05) is 26.2 Å². The quantitative estimate of drug-likeness (QED) is 0.728. The summed E-state index contributed by atoms with van der Waals surface area (Å²) in [7, 11) is -7.22. The summed E-state index contributed by atoms with van der Waals surface area (Å²) in [5.41, 5.74) is 2.25. The van der Waals surface area contributed by atoms with Crippen LogP contribution in [0.2, 0.25) is 0 Å². The first-order chi connectivity index (χ1) is 13.9. The van der Waals surface area contributed by atoms with Crippen molar-refractivity contribution in [3.63, 3.8) is 0 Å². The second kappa shape index (κ2) is 8.02. The maximum Gasteiger partial charge on any atom is 0.243 e. The molecule has 0 radical (unpaired) electrons. The number of hydrogen-bond acceptors (Lipinski definition) is 4. The molecule has 1 fully saturated rings. The van der Waals surface area contributed by atoms with Crippen LogP contribution >= 0.6 is 0 Å². The average Bonchev–Trinajstić information content (AvgIpc) is 3.30. The van der Waals surface area contributed by atoms with Gasteiger partial charge in [-0.1, -0.05) is 36.4 Å². The van der Waals surface area contributed by atoms with Crippen molar-refractivity contribution < 1.29 is 16.8 Å². The maximum absolute atomic E-state index is 13.0. The van der Waals surface area contributed by atoms with Crippen molar-refractivity contribution in [2.45, 2.75) is 29.1 Å². The van der Waals surface area contributed by atoms with Crippen LogP contribution in [0.15, 0.2) is 70.5 Å². The van der Waals surface area contributed by atoms with Gasteiger partial charge < -0.3 is 0 Å². The Bertz CT molecular complexity index is 1100. The third kappa shape index (κ3) is 4.02. The highest BCUT2D eigenvalue weighted by Gasteiger charge is 2.29. The summed E-state index contributed by atoms with van der Waals surface area (Å²) in [6.07, 6.45) is 4.31. The predicted molar refractivity (Wildman–Crippen MR) is 112 cm³/mol. The number of benzene rings is 2. The van der Waals surface area contributed by atoms with Gasteiger partial charge in [0.25, 0.3) is 0 Å². The fourth-order valence-corrected chi connectivity index (χ4v) is 6.69. The molecule has 2 aliphatic rings. The van der Waals surface area contributed by atoms with Gasteiger partial charge in [0.15, 0.2) is 0 Å². The molecule has 0 spiro atoms. The van der Waals surface area contributed by atoms with Crippen LogP contribution in [-0.2, 0) is 20.0 Å². The van der Waals surface area contributed by atoms with Gasteiger partial charge in [-0.2, -0.15) is 8.61 Å². The van der Waals surface area contributed by atoms with Crippen molar-refractivity contribution in [1.29, 1.82) is 0 Å². The molecule has 0 atom stereocenters. The lowest BCUT2D eigenvalue weighted by atomic mass is 10.0. The average molecular weight is 433 g/mol. The lowest BCUT2D eigenvalue weighted by molar-refractivity contribution is 0.441. The third-order valence-electron chi connectivity index (χ3n) is 5.48. The van der Waals surface area contributed by atoms with Crippen LogP contribution in [-0.4, -0.2) is 51.6 Å². The van der Waals surface area contributed by atoms with Crippen LogP contribution < -0.4 is 0 Å². The van der Waals surface area contributed by atoms with Crippen LogP contribution in [0.1, 0.15) is 24.8 Å². The van der Waals surface area contributed by atoms with Gasteiger partial charge in [-0.3, -0.25) is 0 Å². The van der Waals surface area contributed by atoms with Crippen LogP contribution in [0.3, 0.4) is 0 Å². The highest BCUT2D eigenvalue weighted by Crippen LogP contribution is 2.27. The highest BCUT2D eigenvalue weighted by molar-refractivity contribution is 7.89. The first-order valence-corrected chi connectivity index (χ1v) is 12.6. The van der Waals surface area contributed by atoms with E-state index >= 15 is 0 Å². The van der Waals surface area contributed by atoms with E-state index in [1.54, 1.807) is 0 Å². The van der Waals surface area contributed by atoms with E-state index in [4.69, 9.17) is 0 Å². The molecule has 6 nitrogen and oxygen atoms in total. The van der Waals surface area contributed by atoms with Crippen LogP contribution in [0.4, 0.5) is 0 Å². The standard InChI is InChI=1S/C21H24N2O4S2/c24-28(25,22-14-4-5-15-22)20-8-10-21(11-9-20)29(26,27)23-16-12-19(13-17-23)18-6-2-1-3-7-18/h1-3,6-12H,4-5,13-17H2. The van der Waals surface area contributed by atoms with Crippen molar-refractivity contribution in [3.05, 3.63) is 66.2 Å². The number of hydrogen-bond donors (Lipinski definition) is 0. The Morgan fingerprint density at radius 3 is 1.72 bits per heavy atom. The molecule has 154 valence electrons. The molecule has 0 aromatic heterocycles. The van der Waals surface area contributed by atoms with E-state index in [9.17, 15) is 16.8 Å². The lowest BCUT2D eigenvalue weighted by Gasteiger charge is -2.26. The zero-order chi connectivity index (χ0) is 20.5. The lowest BCUT2D eigenvalue weighted by Crippen LogP contribution is -2.34. The van der Waals surface area contributed by atoms with Crippen molar-refractivity contribution in [1.82, 2.24) is 8.61 Å². The molecule has 0 amide bonds. The normalized spacial score (nSPS) is 19.2. The summed E-state index contributed by atoms with van der Waals surface area (Å²) in [6.45, 7) is 1.75. The molecule has 2 aromatic rings. The van der Waals surface area contributed by atoms with Crippen LogP contribution in [0.5, 0.6) is 0 Å². The van der Waals surface area contributed by atoms with Gasteiger partial charge >= 0.3 is 0 Å². The molecule has 1 saturated heterocycles. The minimum Gasteiger partial charge on any atom is -0.207 e. The van der Waals surface area contributed by atoms with Gasteiger partial charge in [-0.25, -0.2) is 16.8 Å². The molecular weight excluding hydrogens is 408 g/mol. The zero-order valence-corrected chi connectivity index (χ0v) is 17.7. The maximum atomic E-state index is 13.0. The van der Waals surface area contributed by atoms with E-state index in [0.717, 1.165) is 24.0 Å². The fraction of sp³-hybridized carbons (Fsp3) is 0.333. The highest BCUT2D eigenvalue weighted by atomic mass is 32.2. The van der Waals surface area contributed by atoms with Crippen molar-refractivity contribution in [3.8, 4) is 0 Å². The van der Waals surface area contributed by atoms with Gasteiger partial charge in [0.1, 0.15) is 0 Å². The Balaban J connectivity index is 1.52. The molecule has 29 heavy (non-hydrogen) atoms. The van der Waals surface area contributed by atoms with E-state index in [2.05, 4.69) is 0 Å². The molecule has 0 saturated carbocycles. The topological polar surface area (TPSA) is 74.8 Å².